The molecule has 0 aliphatic rings. The first-order valence-corrected chi connectivity index (χ1v) is 9.92. The first-order chi connectivity index (χ1) is 15.0. The average Bonchev–Trinajstić information content (AvgIpc) is 2.73. The Balaban J connectivity index is 0.000000809. The summed E-state index contributed by atoms with van der Waals surface area (Å²) >= 11 is 0. The fourth-order valence-corrected chi connectivity index (χ4v) is 2.26. The Labute approximate surface area is 185 Å². The number of nitrogens with two attached hydrogens (primary N) is 4. The smallest absolute Gasteiger partial charge is 0.328 e. The molecule has 1 rings (SSSR count). The second kappa shape index (κ2) is 15.7. The van der Waals surface area contributed by atoms with Gasteiger partial charge < -0.3 is 43.0 Å². The first-order valence-electron chi connectivity index (χ1n) is 9.92. The van der Waals surface area contributed by atoms with E-state index in [0.29, 0.717) is 18.7 Å². The largest absolute Gasteiger partial charge is 0.481 e. The molecule has 1 aromatic rings. The van der Waals surface area contributed by atoms with Gasteiger partial charge in [0.05, 0.1) is 0 Å². The van der Waals surface area contributed by atoms with E-state index in [-0.39, 0.29) is 19.3 Å². The standard InChI is InChI=1S/C15H23N3O4.C5H9NO4/c16-8-2-1-3-12(17)15(21)22-11-6-4-10(5-7-11)9-13(18)14(19)20;6-3(5(9)10)1-2-4(7)8/h4-7,12-13H,1-3,8-9,16-18H2,(H,19,20);3H,1-2,6H2,(H,7,8)(H,9,10)/t12-,13-;3-/m00/s1. The lowest BCUT2D eigenvalue weighted by Gasteiger charge is -2.11. The van der Waals surface area contributed by atoms with E-state index in [1.165, 1.54) is 0 Å². The Bertz CT molecular complexity index is 742. The summed E-state index contributed by atoms with van der Waals surface area (Å²) in [5.41, 5.74) is 22.3. The molecule has 11 N–H and O–H groups in total. The SMILES string of the molecule is NCCCC[C@H](N)C(=O)Oc1ccc(C[C@H](N)C(=O)O)cc1.N[C@@H](CCC(=O)O)C(=O)O. The minimum absolute atomic E-state index is 0.0231. The van der Waals surface area contributed by atoms with E-state index < -0.39 is 42.0 Å². The van der Waals surface area contributed by atoms with Crippen LogP contribution in [0, 0.1) is 0 Å². The van der Waals surface area contributed by atoms with Crippen LogP contribution in [0.3, 0.4) is 0 Å². The third-order valence-corrected chi connectivity index (χ3v) is 4.17. The van der Waals surface area contributed by atoms with Gasteiger partial charge in [0.1, 0.15) is 23.9 Å². The van der Waals surface area contributed by atoms with E-state index in [0.717, 1.165) is 18.4 Å². The van der Waals surface area contributed by atoms with E-state index in [9.17, 15) is 19.2 Å². The molecule has 0 bridgehead atoms. The Morgan fingerprint density at radius 3 is 1.84 bits per heavy atom. The van der Waals surface area contributed by atoms with Gasteiger partial charge in [-0.1, -0.05) is 18.6 Å². The van der Waals surface area contributed by atoms with E-state index >= 15 is 0 Å². The predicted molar refractivity (Wildman–Crippen MR) is 115 cm³/mol. The highest BCUT2D eigenvalue weighted by molar-refractivity contribution is 5.78. The topological polar surface area (TPSA) is 242 Å². The molecule has 0 spiro atoms. The number of benzene rings is 1. The third kappa shape index (κ3) is 13.3. The van der Waals surface area contributed by atoms with Crippen molar-refractivity contribution in [2.45, 2.75) is 56.7 Å². The molecule has 0 unspecified atom stereocenters. The predicted octanol–water partition coefficient (Wildman–Crippen LogP) is -0.734. The van der Waals surface area contributed by atoms with Gasteiger partial charge in [0, 0.05) is 6.42 Å². The van der Waals surface area contributed by atoms with E-state index in [1.54, 1.807) is 24.3 Å². The lowest BCUT2D eigenvalue weighted by molar-refractivity contribution is -0.140. The number of carboxylic acids is 3. The summed E-state index contributed by atoms with van der Waals surface area (Å²) in [6.07, 6.45) is 2.11. The lowest BCUT2D eigenvalue weighted by atomic mass is 10.1. The number of hydrogen-bond acceptors (Lipinski definition) is 9. The van der Waals surface area contributed by atoms with E-state index in [2.05, 4.69) is 0 Å². The summed E-state index contributed by atoms with van der Waals surface area (Å²) in [5.74, 6) is -3.38. The van der Waals surface area contributed by atoms with Crippen LogP contribution in [0.4, 0.5) is 0 Å². The minimum atomic E-state index is -1.17. The zero-order valence-electron chi connectivity index (χ0n) is 17.7. The maximum atomic E-state index is 11.8. The van der Waals surface area contributed by atoms with Crippen molar-refractivity contribution in [1.82, 2.24) is 0 Å². The molecule has 1 aromatic carbocycles. The van der Waals surface area contributed by atoms with Gasteiger partial charge in [0.15, 0.2) is 0 Å². The van der Waals surface area contributed by atoms with Crippen LogP contribution in [0.5, 0.6) is 5.75 Å². The normalized spacial score (nSPS) is 13.1. The van der Waals surface area contributed by atoms with Crippen molar-refractivity contribution in [3.05, 3.63) is 29.8 Å². The molecule has 0 aliphatic carbocycles. The lowest BCUT2D eigenvalue weighted by Crippen LogP contribution is -2.34. The molecule has 0 aromatic heterocycles. The van der Waals surface area contributed by atoms with Gasteiger partial charge in [0.25, 0.3) is 0 Å². The summed E-state index contributed by atoms with van der Waals surface area (Å²) in [6, 6.07) is 3.84. The average molecular weight is 456 g/mol. The van der Waals surface area contributed by atoms with Crippen molar-refractivity contribution in [1.29, 1.82) is 0 Å². The van der Waals surface area contributed by atoms with Crippen molar-refractivity contribution >= 4 is 23.9 Å². The molecular weight excluding hydrogens is 424 g/mol. The molecule has 0 amide bonds. The molecule has 0 saturated heterocycles. The van der Waals surface area contributed by atoms with Gasteiger partial charge in [-0.05, 0) is 49.9 Å². The maximum absolute atomic E-state index is 11.8. The molecule has 0 aliphatic heterocycles. The van der Waals surface area contributed by atoms with Crippen LogP contribution < -0.4 is 27.7 Å². The Hall–Kier alpha value is -3.06. The molecule has 180 valence electrons. The minimum Gasteiger partial charge on any atom is -0.481 e. The molecule has 12 heteroatoms. The molecule has 0 radical (unpaired) electrons. The number of esters is 1. The molecule has 0 heterocycles. The fourth-order valence-electron chi connectivity index (χ4n) is 2.26. The molecule has 3 atom stereocenters. The van der Waals surface area contributed by atoms with Crippen LogP contribution in [0.1, 0.15) is 37.7 Å². The second-order valence-electron chi connectivity index (χ2n) is 6.98. The summed E-state index contributed by atoms with van der Waals surface area (Å²) in [5, 5.41) is 25.0. The molecule has 0 saturated carbocycles. The van der Waals surface area contributed by atoms with Crippen LogP contribution in [-0.4, -0.2) is 63.9 Å². The second-order valence-corrected chi connectivity index (χ2v) is 6.98. The highest BCUT2D eigenvalue weighted by Crippen LogP contribution is 2.14. The number of ether oxygens (including phenoxy) is 1. The van der Waals surface area contributed by atoms with Gasteiger partial charge in [-0.25, -0.2) is 4.79 Å². The monoisotopic (exact) mass is 456 g/mol. The number of rotatable bonds is 13. The maximum Gasteiger partial charge on any atom is 0.328 e. The van der Waals surface area contributed by atoms with Gasteiger partial charge >= 0.3 is 23.9 Å². The first kappa shape index (κ1) is 28.9. The Morgan fingerprint density at radius 1 is 0.812 bits per heavy atom. The highest BCUT2D eigenvalue weighted by atomic mass is 16.5. The number of carboxylic acid groups (broad SMARTS) is 3. The van der Waals surface area contributed by atoms with Crippen molar-refractivity contribution in [3.63, 3.8) is 0 Å². The quantitative estimate of drug-likeness (QED) is 0.110. The summed E-state index contributed by atoms with van der Waals surface area (Å²) in [4.78, 5) is 42.3. The van der Waals surface area contributed by atoms with Crippen molar-refractivity contribution < 1.29 is 39.2 Å². The zero-order valence-corrected chi connectivity index (χ0v) is 17.7. The summed E-state index contributed by atoms with van der Waals surface area (Å²) in [6.45, 7) is 0.571. The van der Waals surface area contributed by atoms with Crippen molar-refractivity contribution in [2.24, 2.45) is 22.9 Å². The number of aliphatic carboxylic acids is 3. The molecule has 32 heavy (non-hydrogen) atoms. The van der Waals surface area contributed by atoms with Crippen LogP contribution >= 0.6 is 0 Å². The van der Waals surface area contributed by atoms with E-state index in [4.69, 9.17) is 43.0 Å². The molecule has 0 fully saturated rings. The molecular formula is C20H32N4O8. The summed E-state index contributed by atoms with van der Waals surface area (Å²) in [7, 11) is 0. The Kier molecular flexibility index (Phi) is 14.2. The van der Waals surface area contributed by atoms with Crippen LogP contribution in [-0.2, 0) is 25.6 Å². The van der Waals surface area contributed by atoms with Crippen LogP contribution in [0.15, 0.2) is 24.3 Å². The zero-order chi connectivity index (χ0) is 24.7. The van der Waals surface area contributed by atoms with Gasteiger partial charge in [-0.2, -0.15) is 0 Å². The fraction of sp³-hybridized carbons (Fsp3) is 0.500. The number of hydrogen-bond donors (Lipinski definition) is 7. The van der Waals surface area contributed by atoms with Crippen molar-refractivity contribution in [2.75, 3.05) is 6.54 Å². The van der Waals surface area contributed by atoms with Crippen LogP contribution in [0.2, 0.25) is 0 Å². The van der Waals surface area contributed by atoms with Gasteiger partial charge in [-0.15, -0.1) is 0 Å². The van der Waals surface area contributed by atoms with Gasteiger partial charge in [0.2, 0.25) is 0 Å². The van der Waals surface area contributed by atoms with E-state index in [1.807, 2.05) is 0 Å². The van der Waals surface area contributed by atoms with Gasteiger partial charge in [-0.3, -0.25) is 14.4 Å². The van der Waals surface area contributed by atoms with Crippen molar-refractivity contribution in [3.8, 4) is 5.75 Å². The highest BCUT2D eigenvalue weighted by Gasteiger charge is 2.16. The van der Waals surface area contributed by atoms with Crippen LogP contribution in [0.25, 0.3) is 0 Å². The number of carbonyl (C=O) groups excluding carboxylic acids is 1. The molecule has 12 nitrogen and oxygen atoms in total. The summed E-state index contributed by atoms with van der Waals surface area (Å²) < 4.78 is 5.17. The Morgan fingerprint density at radius 2 is 1.38 bits per heavy atom. The number of unbranched alkanes of at least 4 members (excludes halogenated alkanes) is 1. The third-order valence-electron chi connectivity index (χ3n) is 4.17. The number of carbonyl (C=O) groups is 4.